The summed E-state index contributed by atoms with van der Waals surface area (Å²) in [5.74, 6) is -0.470. The second-order valence-electron chi connectivity index (χ2n) is 7.06. The highest BCUT2D eigenvalue weighted by atomic mass is 19.1. The Morgan fingerprint density at radius 3 is 2.17 bits per heavy atom. The maximum atomic E-state index is 14.1. The van der Waals surface area contributed by atoms with Gasteiger partial charge in [-0.1, -0.05) is 66.7 Å². The molecule has 0 aromatic heterocycles. The topological polar surface area (TPSA) is 58.6 Å². The first-order valence-electron chi connectivity index (χ1n) is 9.66. The highest BCUT2D eigenvalue weighted by Crippen LogP contribution is 2.44. The van der Waals surface area contributed by atoms with Crippen molar-refractivity contribution in [2.45, 2.75) is 18.4 Å². The molecule has 29 heavy (non-hydrogen) atoms. The van der Waals surface area contributed by atoms with Gasteiger partial charge in [0.2, 0.25) is 0 Å². The van der Waals surface area contributed by atoms with E-state index in [4.69, 9.17) is 4.74 Å². The highest BCUT2D eigenvalue weighted by Gasteiger charge is 2.29. The Bertz CT molecular complexity index is 975. The maximum absolute atomic E-state index is 14.1. The lowest BCUT2D eigenvalue weighted by Gasteiger charge is -2.20. The van der Waals surface area contributed by atoms with E-state index in [0.717, 1.165) is 22.3 Å². The number of aliphatic hydroxyl groups is 1. The van der Waals surface area contributed by atoms with Crippen molar-refractivity contribution in [2.75, 3.05) is 13.2 Å². The quantitative estimate of drug-likeness (QED) is 0.635. The molecule has 0 saturated heterocycles. The van der Waals surface area contributed by atoms with Crippen molar-refractivity contribution < 1.29 is 19.0 Å². The summed E-state index contributed by atoms with van der Waals surface area (Å²) in [5, 5.41) is 12.0. The first-order valence-corrected chi connectivity index (χ1v) is 9.66. The van der Waals surface area contributed by atoms with Crippen molar-refractivity contribution >= 4 is 6.09 Å². The fourth-order valence-corrected chi connectivity index (χ4v) is 3.97. The Morgan fingerprint density at radius 1 is 0.966 bits per heavy atom. The molecule has 0 fully saturated rings. The van der Waals surface area contributed by atoms with Crippen LogP contribution < -0.4 is 5.32 Å². The molecule has 1 atom stereocenters. The monoisotopic (exact) mass is 391 g/mol. The third-order valence-electron chi connectivity index (χ3n) is 5.33. The van der Waals surface area contributed by atoms with Crippen LogP contribution in [0.4, 0.5) is 9.18 Å². The SMILES string of the molecule is O=C(N[C@@H](CCO)c1ccccc1F)OCC1c2ccccc2-c2ccccc21. The smallest absolute Gasteiger partial charge is 0.407 e. The summed E-state index contributed by atoms with van der Waals surface area (Å²) in [4.78, 5) is 12.5. The number of aliphatic hydroxyl groups excluding tert-OH is 1. The van der Waals surface area contributed by atoms with Crippen LogP contribution in [0.3, 0.4) is 0 Å². The second-order valence-corrected chi connectivity index (χ2v) is 7.06. The van der Waals surface area contributed by atoms with E-state index in [2.05, 4.69) is 29.6 Å². The van der Waals surface area contributed by atoms with Crippen LogP contribution in [0, 0.1) is 5.82 Å². The molecule has 4 nitrogen and oxygen atoms in total. The number of carbonyl (C=O) groups excluding carboxylic acids is 1. The van der Waals surface area contributed by atoms with E-state index in [1.165, 1.54) is 6.07 Å². The van der Waals surface area contributed by atoms with Gasteiger partial charge in [-0.25, -0.2) is 9.18 Å². The highest BCUT2D eigenvalue weighted by molar-refractivity contribution is 5.79. The summed E-state index contributed by atoms with van der Waals surface area (Å²) in [6.07, 6.45) is -0.431. The number of benzene rings is 3. The largest absolute Gasteiger partial charge is 0.449 e. The van der Waals surface area contributed by atoms with Crippen molar-refractivity contribution in [1.29, 1.82) is 0 Å². The molecule has 0 bridgehead atoms. The lowest BCUT2D eigenvalue weighted by Crippen LogP contribution is -2.31. The van der Waals surface area contributed by atoms with Crippen LogP contribution in [0.5, 0.6) is 0 Å². The summed E-state index contributed by atoms with van der Waals surface area (Å²) < 4.78 is 19.6. The van der Waals surface area contributed by atoms with Crippen LogP contribution in [0.1, 0.15) is 35.1 Å². The van der Waals surface area contributed by atoms with Gasteiger partial charge in [0.15, 0.2) is 0 Å². The molecule has 1 amide bonds. The predicted molar refractivity (Wildman–Crippen MR) is 109 cm³/mol. The zero-order chi connectivity index (χ0) is 20.2. The molecule has 0 spiro atoms. The van der Waals surface area contributed by atoms with Gasteiger partial charge in [-0.2, -0.15) is 0 Å². The third-order valence-corrected chi connectivity index (χ3v) is 5.33. The lowest BCUT2D eigenvalue weighted by molar-refractivity contribution is 0.136. The summed E-state index contributed by atoms with van der Waals surface area (Å²) in [6, 6.07) is 21.8. The maximum Gasteiger partial charge on any atom is 0.407 e. The normalized spacial score (nSPS) is 13.4. The number of hydrogen-bond donors (Lipinski definition) is 2. The number of nitrogens with one attached hydrogen (secondary N) is 1. The van der Waals surface area contributed by atoms with Gasteiger partial charge in [0, 0.05) is 18.1 Å². The van der Waals surface area contributed by atoms with Crippen molar-refractivity contribution in [3.8, 4) is 11.1 Å². The molecule has 148 valence electrons. The van der Waals surface area contributed by atoms with E-state index in [-0.39, 0.29) is 25.6 Å². The van der Waals surface area contributed by atoms with Gasteiger partial charge >= 0.3 is 6.09 Å². The minimum absolute atomic E-state index is 0.0436. The van der Waals surface area contributed by atoms with Gasteiger partial charge in [-0.3, -0.25) is 0 Å². The molecule has 2 N–H and O–H groups in total. The molecule has 0 radical (unpaired) electrons. The van der Waals surface area contributed by atoms with Crippen LogP contribution in [-0.4, -0.2) is 24.4 Å². The minimum Gasteiger partial charge on any atom is -0.449 e. The summed E-state index contributed by atoms with van der Waals surface area (Å²) in [7, 11) is 0. The Morgan fingerprint density at radius 2 is 1.55 bits per heavy atom. The van der Waals surface area contributed by atoms with Crippen LogP contribution in [-0.2, 0) is 4.74 Å². The van der Waals surface area contributed by atoms with Crippen molar-refractivity contribution in [2.24, 2.45) is 0 Å². The molecule has 5 heteroatoms. The number of ether oxygens (including phenoxy) is 1. The molecule has 0 saturated carbocycles. The van der Waals surface area contributed by atoms with Gasteiger partial charge in [0.25, 0.3) is 0 Å². The molecule has 0 aliphatic heterocycles. The zero-order valence-corrected chi connectivity index (χ0v) is 15.8. The van der Waals surface area contributed by atoms with Gasteiger partial charge in [0.1, 0.15) is 12.4 Å². The van der Waals surface area contributed by atoms with Gasteiger partial charge in [-0.15, -0.1) is 0 Å². The van der Waals surface area contributed by atoms with E-state index in [1.807, 2.05) is 24.3 Å². The van der Waals surface area contributed by atoms with E-state index in [1.54, 1.807) is 18.2 Å². The zero-order valence-electron chi connectivity index (χ0n) is 15.8. The third kappa shape index (κ3) is 3.87. The van der Waals surface area contributed by atoms with Crippen LogP contribution in [0.15, 0.2) is 72.8 Å². The lowest BCUT2D eigenvalue weighted by atomic mass is 9.98. The molecule has 0 heterocycles. The number of halogens is 1. The average molecular weight is 391 g/mol. The number of hydrogen-bond acceptors (Lipinski definition) is 3. The average Bonchev–Trinajstić information content (AvgIpc) is 3.06. The molecule has 3 aromatic carbocycles. The fraction of sp³-hybridized carbons (Fsp3) is 0.208. The summed E-state index contributed by atoms with van der Waals surface area (Å²) in [6.45, 7) is 0.00559. The predicted octanol–water partition coefficient (Wildman–Crippen LogP) is 4.79. The molecule has 3 aromatic rings. The van der Waals surface area contributed by atoms with Crippen molar-refractivity contribution in [3.63, 3.8) is 0 Å². The number of fused-ring (bicyclic) bond motifs is 3. The number of alkyl carbamates (subject to hydrolysis) is 1. The van der Waals surface area contributed by atoms with Crippen LogP contribution >= 0.6 is 0 Å². The Kier molecular flexibility index (Phi) is 5.58. The number of carbonyl (C=O) groups is 1. The minimum atomic E-state index is -0.656. The van der Waals surface area contributed by atoms with Gasteiger partial charge in [0.05, 0.1) is 6.04 Å². The summed E-state index contributed by atoms with van der Waals surface area (Å²) in [5.41, 5.74) is 4.89. The number of rotatable bonds is 6. The molecule has 1 aliphatic rings. The molecule has 0 unspecified atom stereocenters. The fourth-order valence-electron chi connectivity index (χ4n) is 3.97. The van der Waals surface area contributed by atoms with E-state index in [9.17, 15) is 14.3 Å². The van der Waals surface area contributed by atoms with Crippen LogP contribution in [0.2, 0.25) is 0 Å². The number of amides is 1. The van der Waals surface area contributed by atoms with Crippen molar-refractivity contribution in [3.05, 3.63) is 95.3 Å². The second kappa shape index (κ2) is 8.45. The van der Waals surface area contributed by atoms with Gasteiger partial charge < -0.3 is 15.2 Å². The Balaban J connectivity index is 1.48. The molecule has 1 aliphatic carbocycles. The Hall–Kier alpha value is -3.18. The summed E-state index contributed by atoms with van der Waals surface area (Å²) >= 11 is 0. The van der Waals surface area contributed by atoms with E-state index < -0.39 is 18.0 Å². The van der Waals surface area contributed by atoms with E-state index in [0.29, 0.717) is 5.56 Å². The molecule has 4 rings (SSSR count). The molecular weight excluding hydrogens is 369 g/mol. The first-order chi connectivity index (χ1) is 14.2. The van der Waals surface area contributed by atoms with Crippen molar-refractivity contribution in [1.82, 2.24) is 5.32 Å². The first kappa shape index (κ1) is 19.2. The molecular formula is C24H22FNO3. The standard InChI is InChI=1S/C24H22FNO3/c25-22-12-6-5-11-20(22)23(13-14-27)26-24(28)29-15-21-18-9-3-1-7-16(18)17-8-2-4-10-19(17)21/h1-12,21,23,27H,13-15H2,(H,26,28)/t23-/m0/s1. The Labute approximate surface area is 169 Å². The van der Waals surface area contributed by atoms with Gasteiger partial charge in [-0.05, 0) is 34.7 Å². The van der Waals surface area contributed by atoms with Crippen LogP contribution in [0.25, 0.3) is 11.1 Å². The van der Waals surface area contributed by atoms with E-state index >= 15 is 0 Å².